The van der Waals surface area contributed by atoms with Crippen molar-refractivity contribution in [1.29, 1.82) is 0 Å². The minimum Gasteiger partial charge on any atom is -0.144 e. The van der Waals surface area contributed by atoms with Crippen LogP contribution < -0.4 is 0 Å². The van der Waals surface area contributed by atoms with Gasteiger partial charge in [-0.3, -0.25) is 0 Å². The van der Waals surface area contributed by atoms with Crippen molar-refractivity contribution >= 4 is 48.1 Å². The molecular weight excluding hydrogens is 256 g/mol. The summed E-state index contributed by atoms with van der Waals surface area (Å²) in [5, 5.41) is 6.14. The van der Waals surface area contributed by atoms with Gasteiger partial charge in [0, 0.05) is 14.6 Å². The van der Waals surface area contributed by atoms with Crippen LogP contribution in [0.15, 0.2) is 46.3 Å². The summed E-state index contributed by atoms with van der Waals surface area (Å²) in [6.07, 6.45) is 0. The second-order valence-electron chi connectivity index (χ2n) is 3.26. The van der Waals surface area contributed by atoms with E-state index in [2.05, 4.69) is 57.7 Å². The van der Waals surface area contributed by atoms with Crippen molar-refractivity contribution in [2.24, 2.45) is 0 Å². The largest absolute Gasteiger partial charge is 0.144 e. The molecule has 1 heterocycles. The molecular formula is C12H7BrS. The first kappa shape index (κ1) is 8.45. The maximum atomic E-state index is 3.51. The highest BCUT2D eigenvalue weighted by atomic mass is 79.9. The van der Waals surface area contributed by atoms with E-state index in [1.165, 1.54) is 20.9 Å². The third-order valence-electron chi connectivity index (χ3n) is 2.41. The third-order valence-corrected chi connectivity index (χ3v) is 3.79. The second kappa shape index (κ2) is 3.07. The molecule has 0 aliphatic rings. The summed E-state index contributed by atoms with van der Waals surface area (Å²) in [4.78, 5) is 0. The molecule has 0 N–H and O–H groups in total. The Balaban J connectivity index is 2.60. The van der Waals surface area contributed by atoms with Gasteiger partial charge in [-0.25, -0.2) is 0 Å². The molecule has 0 bridgehead atoms. The molecule has 3 rings (SSSR count). The van der Waals surface area contributed by atoms with Gasteiger partial charge in [-0.15, -0.1) is 11.3 Å². The highest BCUT2D eigenvalue weighted by Gasteiger charge is 2.01. The standard InChI is InChI=1S/C12H7BrS/c13-9-3-1-8-2-4-12-10(5-6-14-12)11(8)7-9/h1-7H. The summed E-state index contributed by atoms with van der Waals surface area (Å²) in [5.74, 6) is 0. The van der Waals surface area contributed by atoms with Gasteiger partial charge in [0.25, 0.3) is 0 Å². The summed E-state index contributed by atoms with van der Waals surface area (Å²) >= 11 is 5.30. The van der Waals surface area contributed by atoms with Crippen LogP contribution in [-0.4, -0.2) is 0 Å². The highest BCUT2D eigenvalue weighted by Crippen LogP contribution is 2.30. The zero-order chi connectivity index (χ0) is 9.54. The molecule has 2 aromatic carbocycles. The monoisotopic (exact) mass is 262 g/mol. The van der Waals surface area contributed by atoms with E-state index in [1.54, 1.807) is 11.3 Å². The minimum absolute atomic E-state index is 1.14. The number of hydrogen-bond acceptors (Lipinski definition) is 1. The molecule has 2 heteroatoms. The summed E-state index contributed by atoms with van der Waals surface area (Å²) in [7, 11) is 0. The van der Waals surface area contributed by atoms with Crippen LogP contribution in [0.5, 0.6) is 0 Å². The van der Waals surface area contributed by atoms with Gasteiger partial charge in [-0.05, 0) is 40.4 Å². The maximum absolute atomic E-state index is 3.51. The first-order valence-electron chi connectivity index (χ1n) is 4.40. The summed E-state index contributed by atoms with van der Waals surface area (Å²) < 4.78 is 2.50. The molecule has 0 amide bonds. The van der Waals surface area contributed by atoms with Crippen molar-refractivity contribution in [3.8, 4) is 0 Å². The van der Waals surface area contributed by atoms with Crippen LogP contribution in [0.1, 0.15) is 0 Å². The number of thiophene rings is 1. The average Bonchev–Trinajstić information content (AvgIpc) is 2.65. The van der Waals surface area contributed by atoms with Gasteiger partial charge in [0.1, 0.15) is 0 Å². The number of benzene rings is 2. The molecule has 0 saturated heterocycles. The van der Waals surface area contributed by atoms with Crippen LogP contribution in [-0.2, 0) is 0 Å². The molecule has 0 spiro atoms. The topological polar surface area (TPSA) is 0 Å². The molecule has 0 nitrogen and oxygen atoms in total. The quantitative estimate of drug-likeness (QED) is 0.545. The van der Waals surface area contributed by atoms with E-state index in [0.717, 1.165) is 4.47 Å². The van der Waals surface area contributed by atoms with Crippen molar-refractivity contribution in [3.05, 3.63) is 46.3 Å². The lowest BCUT2D eigenvalue weighted by molar-refractivity contribution is 1.74. The normalized spacial score (nSPS) is 11.2. The van der Waals surface area contributed by atoms with Gasteiger partial charge in [-0.2, -0.15) is 0 Å². The lowest BCUT2D eigenvalue weighted by atomic mass is 10.1. The number of fused-ring (bicyclic) bond motifs is 3. The fourth-order valence-electron chi connectivity index (χ4n) is 1.75. The molecule has 0 unspecified atom stereocenters. The molecule has 0 atom stereocenters. The third kappa shape index (κ3) is 1.18. The van der Waals surface area contributed by atoms with E-state index < -0.39 is 0 Å². The number of rotatable bonds is 0. The Kier molecular flexibility index (Phi) is 1.85. The van der Waals surface area contributed by atoms with Gasteiger partial charge in [0.05, 0.1) is 0 Å². The first-order chi connectivity index (χ1) is 6.84. The summed E-state index contributed by atoms with van der Waals surface area (Å²) in [5.41, 5.74) is 0. The highest BCUT2D eigenvalue weighted by molar-refractivity contribution is 9.10. The number of hydrogen-bond donors (Lipinski definition) is 0. The summed E-state index contributed by atoms with van der Waals surface area (Å²) in [6.45, 7) is 0. The fraction of sp³-hybridized carbons (Fsp3) is 0. The van der Waals surface area contributed by atoms with Gasteiger partial charge in [0.15, 0.2) is 0 Å². The Labute approximate surface area is 94.3 Å². The Morgan fingerprint density at radius 2 is 1.79 bits per heavy atom. The fourth-order valence-corrected chi connectivity index (χ4v) is 2.91. The smallest absolute Gasteiger partial charge is 0.0349 e. The van der Waals surface area contributed by atoms with Crippen molar-refractivity contribution in [1.82, 2.24) is 0 Å². The average molecular weight is 263 g/mol. The van der Waals surface area contributed by atoms with Crippen molar-refractivity contribution in [3.63, 3.8) is 0 Å². The Bertz CT molecular complexity index is 610. The Hall–Kier alpha value is -0.860. The Morgan fingerprint density at radius 1 is 0.929 bits per heavy atom. The van der Waals surface area contributed by atoms with Gasteiger partial charge in [0.2, 0.25) is 0 Å². The maximum Gasteiger partial charge on any atom is 0.0349 e. The van der Waals surface area contributed by atoms with Crippen LogP contribution in [0.25, 0.3) is 20.9 Å². The van der Waals surface area contributed by atoms with Gasteiger partial charge >= 0.3 is 0 Å². The van der Waals surface area contributed by atoms with Crippen molar-refractivity contribution < 1.29 is 0 Å². The molecule has 0 radical (unpaired) electrons. The molecule has 3 aromatic rings. The lowest BCUT2D eigenvalue weighted by Crippen LogP contribution is -1.73. The zero-order valence-electron chi connectivity index (χ0n) is 7.33. The second-order valence-corrected chi connectivity index (χ2v) is 5.13. The molecule has 0 aliphatic carbocycles. The zero-order valence-corrected chi connectivity index (χ0v) is 9.73. The van der Waals surface area contributed by atoms with Crippen LogP contribution in [0.3, 0.4) is 0 Å². The molecule has 0 aliphatic heterocycles. The van der Waals surface area contributed by atoms with E-state index >= 15 is 0 Å². The van der Waals surface area contributed by atoms with Crippen molar-refractivity contribution in [2.75, 3.05) is 0 Å². The Morgan fingerprint density at radius 3 is 2.71 bits per heavy atom. The lowest BCUT2D eigenvalue weighted by Gasteiger charge is -1.99. The van der Waals surface area contributed by atoms with E-state index in [0.29, 0.717) is 0 Å². The summed E-state index contributed by atoms with van der Waals surface area (Å²) in [6, 6.07) is 13.0. The molecule has 1 aromatic heterocycles. The molecule has 14 heavy (non-hydrogen) atoms. The SMILES string of the molecule is Brc1ccc2ccc3sccc3c2c1. The van der Waals surface area contributed by atoms with E-state index in [4.69, 9.17) is 0 Å². The minimum atomic E-state index is 1.14. The molecule has 0 saturated carbocycles. The van der Waals surface area contributed by atoms with Crippen molar-refractivity contribution in [2.45, 2.75) is 0 Å². The van der Waals surface area contributed by atoms with E-state index in [1.807, 2.05) is 0 Å². The van der Waals surface area contributed by atoms with Crippen LogP contribution in [0.4, 0.5) is 0 Å². The van der Waals surface area contributed by atoms with E-state index in [9.17, 15) is 0 Å². The first-order valence-corrected chi connectivity index (χ1v) is 6.07. The van der Waals surface area contributed by atoms with Gasteiger partial charge < -0.3 is 0 Å². The van der Waals surface area contributed by atoms with Crippen LogP contribution in [0.2, 0.25) is 0 Å². The van der Waals surface area contributed by atoms with Crippen LogP contribution in [0, 0.1) is 0 Å². The van der Waals surface area contributed by atoms with E-state index in [-0.39, 0.29) is 0 Å². The molecule has 0 fully saturated rings. The number of halogens is 1. The predicted octanol–water partition coefficient (Wildman–Crippen LogP) is 4.82. The van der Waals surface area contributed by atoms with Gasteiger partial charge in [-0.1, -0.05) is 28.1 Å². The molecule has 68 valence electrons. The predicted molar refractivity (Wildman–Crippen MR) is 67.0 cm³/mol. The van der Waals surface area contributed by atoms with Crippen LogP contribution >= 0.6 is 27.3 Å².